The molecule has 0 bridgehead atoms. The molecule has 0 aromatic carbocycles. The van der Waals surface area contributed by atoms with E-state index in [0.717, 1.165) is 0 Å². The summed E-state index contributed by atoms with van der Waals surface area (Å²) in [5, 5.41) is 18.8. The van der Waals surface area contributed by atoms with Crippen molar-refractivity contribution in [2.75, 3.05) is 0 Å². The lowest BCUT2D eigenvalue weighted by Crippen LogP contribution is -2.45. The zero-order chi connectivity index (χ0) is 10.4. The molecule has 0 aliphatic rings. The van der Waals surface area contributed by atoms with Crippen molar-refractivity contribution in [2.24, 2.45) is 5.92 Å². The first-order valence-electron chi connectivity index (χ1n) is 3.66. The van der Waals surface area contributed by atoms with Gasteiger partial charge in [0.1, 0.15) is 12.0 Å². The largest absolute Gasteiger partial charge is 0.343 e. The number of hydrogen-bond acceptors (Lipinski definition) is 4. The summed E-state index contributed by atoms with van der Waals surface area (Å²) in [7, 11) is 0. The quantitative estimate of drug-likeness (QED) is 0.394. The van der Waals surface area contributed by atoms with E-state index >= 15 is 0 Å². The average Bonchev–Trinajstić information content (AvgIpc) is 2.14. The Kier molecular flexibility index (Phi) is 4.48. The highest BCUT2D eigenvalue weighted by molar-refractivity contribution is 5.88. The maximum Gasteiger partial charge on any atom is 0.265 e. The van der Waals surface area contributed by atoms with Crippen LogP contribution >= 0.6 is 0 Å². The van der Waals surface area contributed by atoms with Crippen molar-refractivity contribution in [3.8, 4) is 6.07 Å². The molecule has 0 heterocycles. The molecule has 2 unspecified atom stereocenters. The predicted molar refractivity (Wildman–Crippen MR) is 42.3 cm³/mol. The molecule has 0 saturated carbocycles. The first-order chi connectivity index (χ1) is 6.02. The molecule has 6 nitrogen and oxygen atoms in total. The van der Waals surface area contributed by atoms with Gasteiger partial charge in [-0.15, -0.1) is 0 Å². The van der Waals surface area contributed by atoms with Crippen LogP contribution in [0, 0.1) is 17.2 Å². The minimum absolute atomic E-state index is 0.543. The average molecular weight is 185 g/mol. The summed E-state index contributed by atoms with van der Waals surface area (Å²) in [6, 6.07) is 0.867. The van der Waals surface area contributed by atoms with Crippen LogP contribution in [-0.2, 0) is 9.59 Å². The maximum absolute atomic E-state index is 11.0. The van der Waals surface area contributed by atoms with Gasteiger partial charge in [0.15, 0.2) is 0 Å². The SMILES string of the molecule is CC(C#N)C(=O)NC(C)C(=O)NO. The van der Waals surface area contributed by atoms with Crippen molar-refractivity contribution in [2.45, 2.75) is 19.9 Å². The van der Waals surface area contributed by atoms with Crippen LogP contribution in [0.25, 0.3) is 0 Å². The fourth-order valence-corrected chi connectivity index (χ4v) is 0.559. The maximum atomic E-state index is 11.0. The second-order valence-electron chi connectivity index (χ2n) is 2.56. The van der Waals surface area contributed by atoms with Crippen LogP contribution in [0.5, 0.6) is 0 Å². The molecule has 0 aliphatic heterocycles. The van der Waals surface area contributed by atoms with Gasteiger partial charge in [-0.1, -0.05) is 0 Å². The molecular formula is C7H11N3O3. The van der Waals surface area contributed by atoms with Crippen LogP contribution in [0.1, 0.15) is 13.8 Å². The van der Waals surface area contributed by atoms with Crippen molar-refractivity contribution < 1.29 is 14.8 Å². The molecule has 0 rings (SSSR count). The number of hydroxylamine groups is 1. The van der Waals surface area contributed by atoms with E-state index in [9.17, 15) is 9.59 Å². The van der Waals surface area contributed by atoms with Gasteiger partial charge >= 0.3 is 0 Å². The fraction of sp³-hybridized carbons (Fsp3) is 0.571. The number of nitrogens with zero attached hydrogens (tertiary/aromatic N) is 1. The molecular weight excluding hydrogens is 174 g/mol. The van der Waals surface area contributed by atoms with Crippen LogP contribution in [-0.4, -0.2) is 23.1 Å². The summed E-state index contributed by atoms with van der Waals surface area (Å²) in [5.41, 5.74) is 1.39. The second-order valence-corrected chi connectivity index (χ2v) is 2.56. The zero-order valence-corrected chi connectivity index (χ0v) is 7.37. The Hall–Kier alpha value is -1.61. The highest BCUT2D eigenvalue weighted by Gasteiger charge is 2.18. The van der Waals surface area contributed by atoms with Crippen LogP contribution < -0.4 is 10.8 Å². The smallest absolute Gasteiger partial charge is 0.265 e. The van der Waals surface area contributed by atoms with Crippen LogP contribution in [0.4, 0.5) is 0 Å². The number of nitrogens with one attached hydrogen (secondary N) is 2. The number of hydrogen-bond donors (Lipinski definition) is 3. The van der Waals surface area contributed by atoms with E-state index in [2.05, 4.69) is 5.32 Å². The number of carbonyl (C=O) groups is 2. The van der Waals surface area contributed by atoms with Crippen molar-refractivity contribution in [1.82, 2.24) is 10.8 Å². The van der Waals surface area contributed by atoms with Gasteiger partial charge < -0.3 is 5.32 Å². The lowest BCUT2D eigenvalue weighted by Gasteiger charge is -2.11. The summed E-state index contributed by atoms with van der Waals surface area (Å²) in [4.78, 5) is 21.7. The molecule has 0 aromatic rings. The minimum Gasteiger partial charge on any atom is -0.343 e. The second kappa shape index (κ2) is 5.11. The molecule has 3 N–H and O–H groups in total. The zero-order valence-electron chi connectivity index (χ0n) is 7.37. The molecule has 13 heavy (non-hydrogen) atoms. The summed E-state index contributed by atoms with van der Waals surface area (Å²) in [6.07, 6.45) is 0. The Balaban J connectivity index is 4.08. The Bertz CT molecular complexity index is 246. The van der Waals surface area contributed by atoms with Gasteiger partial charge in [0.25, 0.3) is 5.91 Å². The van der Waals surface area contributed by atoms with Crippen molar-refractivity contribution in [1.29, 1.82) is 5.26 Å². The Morgan fingerprint density at radius 1 is 1.38 bits per heavy atom. The third-order valence-electron chi connectivity index (χ3n) is 1.45. The van der Waals surface area contributed by atoms with Gasteiger partial charge in [0.2, 0.25) is 5.91 Å². The van der Waals surface area contributed by atoms with Crippen LogP contribution in [0.3, 0.4) is 0 Å². The Morgan fingerprint density at radius 3 is 2.31 bits per heavy atom. The van der Waals surface area contributed by atoms with Gasteiger partial charge in [-0.2, -0.15) is 5.26 Å². The molecule has 0 aromatic heterocycles. The third-order valence-corrected chi connectivity index (χ3v) is 1.45. The Morgan fingerprint density at radius 2 is 1.92 bits per heavy atom. The molecule has 2 atom stereocenters. The van der Waals surface area contributed by atoms with Gasteiger partial charge in [-0.05, 0) is 13.8 Å². The molecule has 72 valence electrons. The lowest BCUT2D eigenvalue weighted by molar-refractivity contribution is -0.134. The molecule has 0 radical (unpaired) electrons. The Labute approximate surface area is 75.5 Å². The molecule has 6 heteroatoms. The van der Waals surface area contributed by atoms with Gasteiger partial charge in [0.05, 0.1) is 6.07 Å². The van der Waals surface area contributed by atoms with E-state index in [1.165, 1.54) is 19.3 Å². The number of rotatable bonds is 3. The van der Waals surface area contributed by atoms with E-state index in [-0.39, 0.29) is 0 Å². The van der Waals surface area contributed by atoms with Gasteiger partial charge in [-0.25, -0.2) is 5.48 Å². The summed E-state index contributed by atoms with van der Waals surface area (Å²) in [5.74, 6) is -2.08. The van der Waals surface area contributed by atoms with Crippen LogP contribution in [0.15, 0.2) is 0 Å². The highest BCUT2D eigenvalue weighted by atomic mass is 16.5. The van der Waals surface area contributed by atoms with E-state index in [0.29, 0.717) is 0 Å². The first-order valence-corrected chi connectivity index (χ1v) is 3.66. The number of amides is 2. The monoisotopic (exact) mass is 185 g/mol. The van der Waals surface area contributed by atoms with E-state index in [1.807, 2.05) is 0 Å². The summed E-state index contributed by atoms with van der Waals surface area (Å²) >= 11 is 0. The number of carbonyl (C=O) groups excluding carboxylic acids is 2. The standard InChI is InChI=1S/C7H11N3O3/c1-4(3-8)6(11)9-5(2)7(12)10-13/h4-5,13H,1-2H3,(H,9,11)(H,10,12). The lowest BCUT2D eigenvalue weighted by atomic mass is 10.2. The number of nitriles is 1. The first kappa shape index (κ1) is 11.4. The van der Waals surface area contributed by atoms with E-state index in [4.69, 9.17) is 10.5 Å². The van der Waals surface area contributed by atoms with Crippen molar-refractivity contribution in [3.63, 3.8) is 0 Å². The van der Waals surface area contributed by atoms with Gasteiger partial charge in [0, 0.05) is 0 Å². The van der Waals surface area contributed by atoms with E-state index < -0.39 is 23.8 Å². The summed E-state index contributed by atoms with van der Waals surface area (Å²) < 4.78 is 0. The minimum atomic E-state index is -0.853. The molecule has 0 aliphatic carbocycles. The molecule has 0 fully saturated rings. The topological polar surface area (TPSA) is 102 Å². The molecule has 2 amide bonds. The molecule has 0 spiro atoms. The van der Waals surface area contributed by atoms with Gasteiger partial charge in [-0.3, -0.25) is 14.8 Å². The predicted octanol–water partition coefficient (Wildman–Crippen LogP) is -0.844. The van der Waals surface area contributed by atoms with Crippen molar-refractivity contribution in [3.05, 3.63) is 0 Å². The summed E-state index contributed by atoms with van der Waals surface area (Å²) in [6.45, 7) is 2.81. The van der Waals surface area contributed by atoms with E-state index in [1.54, 1.807) is 6.07 Å². The van der Waals surface area contributed by atoms with Crippen molar-refractivity contribution >= 4 is 11.8 Å². The third kappa shape index (κ3) is 3.53. The highest BCUT2D eigenvalue weighted by Crippen LogP contribution is 1.92. The van der Waals surface area contributed by atoms with Crippen LogP contribution in [0.2, 0.25) is 0 Å². The fourth-order valence-electron chi connectivity index (χ4n) is 0.559. The molecule has 0 saturated heterocycles. The normalized spacial score (nSPS) is 13.7.